The normalized spacial score (nSPS) is 18.5. The molecule has 106 valence electrons. The van der Waals surface area contributed by atoms with Gasteiger partial charge in [0.1, 0.15) is 5.82 Å². The van der Waals surface area contributed by atoms with Crippen LogP contribution in [0.25, 0.3) is 0 Å². The molecule has 1 fully saturated rings. The fraction of sp³-hybridized carbons (Fsp3) is 0.667. The third-order valence-corrected chi connectivity index (χ3v) is 3.90. The molecular formula is C15H26N4. The highest BCUT2D eigenvalue weighted by atomic mass is 15.3. The zero-order valence-electron chi connectivity index (χ0n) is 12.2. The number of aromatic nitrogens is 1. The fourth-order valence-electron chi connectivity index (χ4n) is 2.60. The largest absolute Gasteiger partial charge is 0.354 e. The highest BCUT2D eigenvalue weighted by Crippen LogP contribution is 2.14. The summed E-state index contributed by atoms with van der Waals surface area (Å²) in [4.78, 5) is 9.41. The van der Waals surface area contributed by atoms with E-state index in [1.807, 2.05) is 12.3 Å². The Morgan fingerprint density at radius 3 is 2.68 bits per heavy atom. The number of anilines is 1. The average Bonchev–Trinajstić information content (AvgIpc) is 2.48. The van der Waals surface area contributed by atoms with Gasteiger partial charge in [0.2, 0.25) is 0 Å². The molecule has 19 heavy (non-hydrogen) atoms. The molecule has 1 N–H and O–H groups in total. The molecule has 1 unspecified atom stereocenters. The number of hydrogen-bond acceptors (Lipinski definition) is 4. The predicted molar refractivity (Wildman–Crippen MR) is 80.6 cm³/mol. The second-order valence-corrected chi connectivity index (χ2v) is 5.20. The van der Waals surface area contributed by atoms with Gasteiger partial charge in [-0.15, -0.1) is 0 Å². The topological polar surface area (TPSA) is 31.4 Å². The number of nitrogens with one attached hydrogen (secondary N) is 1. The van der Waals surface area contributed by atoms with E-state index in [0.717, 1.165) is 45.1 Å². The summed E-state index contributed by atoms with van der Waals surface area (Å²) in [6, 6.07) is 6.81. The van der Waals surface area contributed by atoms with E-state index in [2.05, 4.69) is 46.1 Å². The third-order valence-electron chi connectivity index (χ3n) is 3.90. The monoisotopic (exact) mass is 262 g/mol. The Hall–Kier alpha value is -1.13. The zero-order chi connectivity index (χ0) is 13.5. The van der Waals surface area contributed by atoms with Crippen molar-refractivity contribution in [2.45, 2.75) is 26.3 Å². The van der Waals surface area contributed by atoms with E-state index in [9.17, 15) is 0 Å². The molecule has 0 aliphatic carbocycles. The maximum Gasteiger partial charge on any atom is 0.128 e. The second kappa shape index (κ2) is 7.46. The fourth-order valence-corrected chi connectivity index (χ4v) is 2.60. The average molecular weight is 262 g/mol. The molecule has 1 saturated heterocycles. The van der Waals surface area contributed by atoms with Gasteiger partial charge >= 0.3 is 0 Å². The van der Waals surface area contributed by atoms with Crippen molar-refractivity contribution in [3.63, 3.8) is 0 Å². The molecule has 4 nitrogen and oxygen atoms in total. The minimum atomic E-state index is 0.671. The summed E-state index contributed by atoms with van der Waals surface area (Å²) in [6.45, 7) is 11.2. The summed E-state index contributed by atoms with van der Waals surface area (Å²) in [7, 11) is 0. The summed E-state index contributed by atoms with van der Waals surface area (Å²) < 4.78 is 0. The number of rotatable bonds is 6. The van der Waals surface area contributed by atoms with Crippen LogP contribution in [0.3, 0.4) is 0 Å². The van der Waals surface area contributed by atoms with Gasteiger partial charge in [0.05, 0.1) is 0 Å². The van der Waals surface area contributed by atoms with Gasteiger partial charge in [-0.1, -0.05) is 13.0 Å². The van der Waals surface area contributed by atoms with Crippen molar-refractivity contribution in [2.75, 3.05) is 44.2 Å². The Labute approximate surface area is 116 Å². The number of piperazine rings is 1. The molecular weight excluding hydrogens is 236 g/mol. The molecule has 1 aliphatic rings. The predicted octanol–water partition coefficient (Wildman–Crippen LogP) is 1.59. The first kappa shape index (κ1) is 14.3. The lowest BCUT2D eigenvalue weighted by Crippen LogP contribution is -2.50. The van der Waals surface area contributed by atoms with Gasteiger partial charge in [0, 0.05) is 38.4 Å². The van der Waals surface area contributed by atoms with Gasteiger partial charge in [-0.25, -0.2) is 4.98 Å². The van der Waals surface area contributed by atoms with Crippen LogP contribution in [-0.2, 0) is 0 Å². The van der Waals surface area contributed by atoms with E-state index in [4.69, 9.17) is 0 Å². The first-order valence-electron chi connectivity index (χ1n) is 7.42. The van der Waals surface area contributed by atoms with Crippen LogP contribution in [0.15, 0.2) is 24.4 Å². The standard InChI is InChI=1S/C15H26N4/c1-3-16-9-7-14(2)18-10-12-19(13-11-18)15-6-4-5-8-17-15/h4-6,8,14,16H,3,7,9-13H2,1-2H3. The molecule has 0 aromatic carbocycles. The van der Waals surface area contributed by atoms with Crippen LogP contribution >= 0.6 is 0 Å². The Morgan fingerprint density at radius 2 is 2.05 bits per heavy atom. The van der Waals surface area contributed by atoms with Crippen LogP contribution in [0.4, 0.5) is 5.82 Å². The van der Waals surface area contributed by atoms with Crippen molar-refractivity contribution in [3.8, 4) is 0 Å². The minimum absolute atomic E-state index is 0.671. The SMILES string of the molecule is CCNCCC(C)N1CCN(c2ccccn2)CC1. The van der Waals surface area contributed by atoms with Crippen LogP contribution in [0, 0.1) is 0 Å². The van der Waals surface area contributed by atoms with Crippen LogP contribution in [0.5, 0.6) is 0 Å². The van der Waals surface area contributed by atoms with Crippen molar-refractivity contribution in [3.05, 3.63) is 24.4 Å². The molecule has 0 amide bonds. The summed E-state index contributed by atoms with van der Waals surface area (Å²) in [6.07, 6.45) is 3.11. The van der Waals surface area contributed by atoms with Gasteiger partial charge in [-0.3, -0.25) is 4.90 Å². The lowest BCUT2D eigenvalue weighted by Gasteiger charge is -2.38. The molecule has 2 heterocycles. The van der Waals surface area contributed by atoms with Crippen molar-refractivity contribution < 1.29 is 0 Å². The van der Waals surface area contributed by atoms with Gasteiger partial charge in [-0.2, -0.15) is 0 Å². The van der Waals surface area contributed by atoms with Gasteiger partial charge in [0.25, 0.3) is 0 Å². The maximum absolute atomic E-state index is 4.43. The molecule has 4 heteroatoms. The highest BCUT2D eigenvalue weighted by Gasteiger charge is 2.21. The molecule has 1 aromatic rings. The lowest BCUT2D eigenvalue weighted by molar-refractivity contribution is 0.188. The van der Waals surface area contributed by atoms with Crippen LogP contribution in [0.2, 0.25) is 0 Å². The molecule has 1 atom stereocenters. The van der Waals surface area contributed by atoms with E-state index in [1.54, 1.807) is 0 Å². The molecule has 0 saturated carbocycles. The van der Waals surface area contributed by atoms with Crippen molar-refractivity contribution in [1.29, 1.82) is 0 Å². The molecule has 2 rings (SSSR count). The summed E-state index contributed by atoms with van der Waals surface area (Å²) in [5.74, 6) is 1.11. The summed E-state index contributed by atoms with van der Waals surface area (Å²) >= 11 is 0. The van der Waals surface area contributed by atoms with Gasteiger partial charge in [0.15, 0.2) is 0 Å². The Balaban J connectivity index is 1.76. The molecule has 0 radical (unpaired) electrons. The quantitative estimate of drug-likeness (QED) is 0.789. The molecule has 0 spiro atoms. The molecule has 1 aromatic heterocycles. The molecule has 1 aliphatic heterocycles. The summed E-state index contributed by atoms with van der Waals surface area (Å²) in [5.41, 5.74) is 0. The number of nitrogens with zero attached hydrogens (tertiary/aromatic N) is 3. The maximum atomic E-state index is 4.43. The smallest absolute Gasteiger partial charge is 0.128 e. The van der Waals surface area contributed by atoms with E-state index in [0.29, 0.717) is 6.04 Å². The minimum Gasteiger partial charge on any atom is -0.354 e. The Kier molecular flexibility index (Phi) is 5.61. The highest BCUT2D eigenvalue weighted by molar-refractivity contribution is 5.38. The van der Waals surface area contributed by atoms with Gasteiger partial charge < -0.3 is 10.2 Å². The van der Waals surface area contributed by atoms with E-state index in [-0.39, 0.29) is 0 Å². The van der Waals surface area contributed by atoms with Crippen LogP contribution in [0.1, 0.15) is 20.3 Å². The number of hydrogen-bond donors (Lipinski definition) is 1. The van der Waals surface area contributed by atoms with E-state index >= 15 is 0 Å². The Bertz CT molecular complexity index is 346. The van der Waals surface area contributed by atoms with Crippen LogP contribution < -0.4 is 10.2 Å². The lowest BCUT2D eigenvalue weighted by atomic mass is 10.1. The first-order valence-corrected chi connectivity index (χ1v) is 7.42. The zero-order valence-corrected chi connectivity index (χ0v) is 12.2. The van der Waals surface area contributed by atoms with Crippen molar-refractivity contribution >= 4 is 5.82 Å². The van der Waals surface area contributed by atoms with Gasteiger partial charge in [-0.05, 0) is 38.6 Å². The van der Waals surface area contributed by atoms with Crippen molar-refractivity contribution in [2.24, 2.45) is 0 Å². The molecule has 0 bridgehead atoms. The van der Waals surface area contributed by atoms with Crippen LogP contribution in [-0.4, -0.2) is 55.2 Å². The third kappa shape index (κ3) is 4.18. The Morgan fingerprint density at radius 1 is 1.26 bits per heavy atom. The first-order chi connectivity index (χ1) is 9.31. The summed E-state index contributed by atoms with van der Waals surface area (Å²) in [5, 5.41) is 3.41. The second-order valence-electron chi connectivity index (χ2n) is 5.20. The van der Waals surface area contributed by atoms with E-state index in [1.165, 1.54) is 6.42 Å². The number of pyridine rings is 1. The van der Waals surface area contributed by atoms with Crippen molar-refractivity contribution in [1.82, 2.24) is 15.2 Å². The van der Waals surface area contributed by atoms with E-state index < -0.39 is 0 Å².